The number of ether oxygens (including phenoxy) is 1. The zero-order valence-electron chi connectivity index (χ0n) is 22.7. The quantitative estimate of drug-likeness (QED) is 0.158. The van der Waals surface area contributed by atoms with Crippen LogP contribution in [0.2, 0.25) is 0 Å². The second-order valence-electron chi connectivity index (χ2n) is 10.3. The van der Waals surface area contributed by atoms with Crippen LogP contribution in [0, 0.1) is 5.92 Å². The second-order valence-corrected chi connectivity index (χ2v) is 10.3. The third-order valence-corrected chi connectivity index (χ3v) is 6.99. The van der Waals surface area contributed by atoms with E-state index in [0.717, 1.165) is 52.2 Å². The van der Waals surface area contributed by atoms with E-state index in [2.05, 4.69) is 138 Å². The molecule has 0 aliphatic rings. The van der Waals surface area contributed by atoms with Gasteiger partial charge in [-0.3, -0.25) is 4.90 Å². The van der Waals surface area contributed by atoms with E-state index in [9.17, 15) is 0 Å². The van der Waals surface area contributed by atoms with Crippen molar-refractivity contribution in [3.05, 3.63) is 144 Å². The lowest BCUT2D eigenvalue weighted by Gasteiger charge is -2.25. The fourth-order valence-corrected chi connectivity index (χ4v) is 4.78. The Hall–Kier alpha value is -3.24. The van der Waals surface area contributed by atoms with Crippen LogP contribution in [0.15, 0.2) is 121 Å². The minimum Gasteiger partial charge on any atom is -0.381 e. The molecule has 0 heterocycles. The van der Waals surface area contributed by atoms with Crippen molar-refractivity contribution >= 4 is 0 Å². The molecule has 0 fully saturated rings. The molecule has 0 unspecified atom stereocenters. The molecule has 198 valence electrons. The molecule has 0 radical (unpaired) electrons. The first-order valence-electron chi connectivity index (χ1n) is 14.0. The third-order valence-electron chi connectivity index (χ3n) is 6.99. The summed E-state index contributed by atoms with van der Waals surface area (Å²) in [6.07, 6.45) is 2.08. The number of nitrogens with one attached hydrogen (secondary N) is 1. The first-order valence-corrected chi connectivity index (χ1v) is 14.0. The van der Waals surface area contributed by atoms with E-state index in [1.807, 2.05) is 0 Å². The summed E-state index contributed by atoms with van der Waals surface area (Å²) in [6, 6.07) is 43.2. The van der Waals surface area contributed by atoms with Gasteiger partial charge in [-0.1, -0.05) is 128 Å². The van der Waals surface area contributed by atoms with E-state index in [4.69, 9.17) is 4.74 Å². The normalized spacial score (nSPS) is 12.9. The Morgan fingerprint density at radius 3 is 1.68 bits per heavy atom. The minimum absolute atomic E-state index is 0.277. The molecule has 0 saturated carbocycles. The van der Waals surface area contributed by atoms with E-state index < -0.39 is 0 Å². The lowest BCUT2D eigenvalue weighted by molar-refractivity contribution is 0.0884. The van der Waals surface area contributed by atoms with Crippen LogP contribution < -0.4 is 5.32 Å². The van der Waals surface area contributed by atoms with E-state index in [1.165, 1.54) is 22.3 Å². The lowest BCUT2D eigenvalue weighted by Crippen LogP contribution is -2.26. The molecule has 0 amide bonds. The van der Waals surface area contributed by atoms with Crippen molar-refractivity contribution in [3.63, 3.8) is 0 Å². The maximum Gasteiger partial charge on any atom is 0.0492 e. The number of nitrogens with zero attached hydrogens (tertiary/aromatic N) is 1. The number of benzene rings is 4. The number of hydrogen-bond donors (Lipinski definition) is 1. The van der Waals surface area contributed by atoms with E-state index in [-0.39, 0.29) is 6.04 Å². The Balaban J connectivity index is 1.23. The average Bonchev–Trinajstić information content (AvgIpc) is 2.97. The Labute approximate surface area is 229 Å². The van der Waals surface area contributed by atoms with Crippen LogP contribution in [0.4, 0.5) is 0 Å². The summed E-state index contributed by atoms with van der Waals surface area (Å²) < 4.78 is 6.21. The van der Waals surface area contributed by atoms with Crippen molar-refractivity contribution in [1.82, 2.24) is 10.2 Å². The maximum atomic E-state index is 6.21. The molecule has 0 spiro atoms. The molecular formula is C35H42N2O. The van der Waals surface area contributed by atoms with Crippen molar-refractivity contribution in [2.75, 3.05) is 19.8 Å². The molecule has 4 aromatic rings. The van der Waals surface area contributed by atoms with Crippen LogP contribution >= 0.6 is 0 Å². The molecule has 38 heavy (non-hydrogen) atoms. The van der Waals surface area contributed by atoms with Gasteiger partial charge >= 0.3 is 0 Å². The van der Waals surface area contributed by atoms with Gasteiger partial charge in [0.15, 0.2) is 0 Å². The third kappa shape index (κ3) is 9.90. The molecule has 0 saturated heterocycles. The van der Waals surface area contributed by atoms with Gasteiger partial charge in [0.1, 0.15) is 0 Å². The van der Waals surface area contributed by atoms with Gasteiger partial charge in [-0.25, -0.2) is 0 Å². The Bertz CT molecular complexity index is 1090. The lowest BCUT2D eigenvalue weighted by atomic mass is 10.0. The summed E-state index contributed by atoms with van der Waals surface area (Å²) in [7, 11) is 0. The van der Waals surface area contributed by atoms with E-state index in [0.29, 0.717) is 5.92 Å². The predicted molar refractivity (Wildman–Crippen MR) is 159 cm³/mol. The van der Waals surface area contributed by atoms with Gasteiger partial charge in [-0.05, 0) is 47.6 Å². The summed E-state index contributed by atoms with van der Waals surface area (Å²) in [6.45, 7) is 7.71. The summed E-state index contributed by atoms with van der Waals surface area (Å²) >= 11 is 0. The first-order chi connectivity index (χ1) is 18.8. The van der Waals surface area contributed by atoms with Gasteiger partial charge in [-0.15, -0.1) is 0 Å². The van der Waals surface area contributed by atoms with Crippen LogP contribution in [0.25, 0.3) is 0 Å². The summed E-state index contributed by atoms with van der Waals surface area (Å²) in [5.41, 5.74) is 5.35. The molecular weight excluding hydrogens is 464 g/mol. The number of rotatable bonds is 16. The monoisotopic (exact) mass is 506 g/mol. The van der Waals surface area contributed by atoms with Crippen molar-refractivity contribution in [1.29, 1.82) is 0 Å². The molecule has 4 aromatic carbocycles. The highest BCUT2D eigenvalue weighted by atomic mass is 16.5. The molecule has 0 aliphatic carbocycles. The molecule has 1 N–H and O–H groups in total. The average molecular weight is 507 g/mol. The fraction of sp³-hybridized carbons (Fsp3) is 0.314. The van der Waals surface area contributed by atoms with E-state index >= 15 is 0 Å². The molecule has 0 aliphatic heterocycles. The largest absolute Gasteiger partial charge is 0.381 e. The standard InChI is InChI=1S/C35H42N2O/c1-30(22-24-37(27-32-16-8-3-9-17-32)28-33-18-10-4-11-19-33)29-38-25-23-35(34-20-12-5-13-21-34)36-26-31-14-6-2-7-15-31/h2-21,30,35-36H,22-29H2,1H3/t30-,35+/m1/s1. The van der Waals surface area contributed by atoms with Crippen LogP contribution in [-0.2, 0) is 24.4 Å². The van der Waals surface area contributed by atoms with Gasteiger partial charge in [0.05, 0.1) is 0 Å². The summed E-state index contributed by atoms with van der Waals surface area (Å²) in [5.74, 6) is 0.511. The second kappa shape index (κ2) is 15.9. The van der Waals surface area contributed by atoms with Gasteiger partial charge in [-0.2, -0.15) is 0 Å². The van der Waals surface area contributed by atoms with Crippen molar-refractivity contribution in [3.8, 4) is 0 Å². The van der Waals surface area contributed by atoms with Crippen LogP contribution in [0.3, 0.4) is 0 Å². The summed E-state index contributed by atoms with van der Waals surface area (Å²) in [4.78, 5) is 2.56. The van der Waals surface area contributed by atoms with Crippen molar-refractivity contribution < 1.29 is 4.74 Å². The van der Waals surface area contributed by atoms with Gasteiger partial charge < -0.3 is 10.1 Å². The van der Waals surface area contributed by atoms with E-state index in [1.54, 1.807) is 0 Å². The van der Waals surface area contributed by atoms with Crippen LogP contribution in [0.5, 0.6) is 0 Å². The van der Waals surface area contributed by atoms with Gasteiger partial charge in [0.2, 0.25) is 0 Å². The molecule has 0 aromatic heterocycles. The van der Waals surface area contributed by atoms with Crippen molar-refractivity contribution in [2.45, 2.75) is 45.4 Å². The fourth-order valence-electron chi connectivity index (χ4n) is 4.78. The number of hydrogen-bond acceptors (Lipinski definition) is 3. The van der Waals surface area contributed by atoms with Crippen LogP contribution in [-0.4, -0.2) is 24.7 Å². The predicted octanol–water partition coefficient (Wildman–Crippen LogP) is 7.65. The first kappa shape index (κ1) is 27.8. The molecule has 3 heteroatoms. The van der Waals surface area contributed by atoms with Gasteiger partial charge in [0, 0.05) is 38.9 Å². The van der Waals surface area contributed by atoms with Gasteiger partial charge in [0.25, 0.3) is 0 Å². The maximum absolute atomic E-state index is 6.21. The molecule has 2 atom stereocenters. The smallest absolute Gasteiger partial charge is 0.0492 e. The zero-order valence-corrected chi connectivity index (χ0v) is 22.7. The highest BCUT2D eigenvalue weighted by Crippen LogP contribution is 2.18. The molecule has 0 bridgehead atoms. The topological polar surface area (TPSA) is 24.5 Å². The Morgan fingerprint density at radius 1 is 0.632 bits per heavy atom. The summed E-state index contributed by atoms with van der Waals surface area (Å²) in [5, 5.41) is 3.74. The van der Waals surface area contributed by atoms with Crippen LogP contribution in [0.1, 0.15) is 48.1 Å². The van der Waals surface area contributed by atoms with Crippen molar-refractivity contribution in [2.24, 2.45) is 5.92 Å². The Morgan fingerprint density at radius 2 is 1.13 bits per heavy atom. The highest BCUT2D eigenvalue weighted by Gasteiger charge is 2.13. The highest BCUT2D eigenvalue weighted by molar-refractivity contribution is 5.20. The zero-order chi connectivity index (χ0) is 26.3. The SMILES string of the molecule is C[C@H](CCN(Cc1ccccc1)Cc1ccccc1)COCC[C@H](NCc1ccccc1)c1ccccc1. The minimum atomic E-state index is 0.277. The molecule has 4 rings (SSSR count). The Kier molecular flexibility index (Phi) is 11.6. The molecule has 3 nitrogen and oxygen atoms in total.